The van der Waals surface area contributed by atoms with Crippen LogP contribution in [0.25, 0.3) is 10.9 Å². The molecule has 0 unspecified atom stereocenters. The number of pyridine rings is 2. The quantitative estimate of drug-likeness (QED) is 0.771. The number of anilines is 1. The van der Waals surface area contributed by atoms with Gasteiger partial charge in [-0.05, 0) is 36.8 Å². The topological polar surface area (TPSA) is 37.8 Å². The minimum absolute atomic E-state index is 0.692. The van der Waals surface area contributed by atoms with Gasteiger partial charge < -0.3 is 5.32 Å². The summed E-state index contributed by atoms with van der Waals surface area (Å²) < 4.78 is 0. The minimum Gasteiger partial charge on any atom is -0.364 e. The summed E-state index contributed by atoms with van der Waals surface area (Å²) in [5, 5.41) is 4.47. The molecule has 0 bridgehead atoms. The van der Waals surface area contributed by atoms with Gasteiger partial charge in [-0.2, -0.15) is 0 Å². The van der Waals surface area contributed by atoms with Crippen LogP contribution < -0.4 is 5.32 Å². The van der Waals surface area contributed by atoms with E-state index in [2.05, 4.69) is 40.4 Å². The lowest BCUT2D eigenvalue weighted by Gasteiger charge is -2.08. The van der Waals surface area contributed by atoms with Crippen LogP contribution in [0, 0.1) is 6.92 Å². The number of aryl methyl sites for hydroxylation is 1. The molecule has 0 spiro atoms. The van der Waals surface area contributed by atoms with E-state index in [9.17, 15) is 0 Å². The Hall–Kier alpha value is -2.42. The van der Waals surface area contributed by atoms with Gasteiger partial charge in [-0.25, -0.2) is 4.98 Å². The van der Waals surface area contributed by atoms with Gasteiger partial charge in [0.15, 0.2) is 0 Å². The van der Waals surface area contributed by atoms with E-state index in [0.717, 1.165) is 22.4 Å². The predicted molar refractivity (Wildman–Crippen MR) is 78.0 cm³/mol. The SMILES string of the molecule is Cc1cccnc1CNc1ccc2ccccc2n1. The van der Waals surface area contributed by atoms with Crippen molar-refractivity contribution in [2.45, 2.75) is 13.5 Å². The van der Waals surface area contributed by atoms with Crippen molar-refractivity contribution in [3.8, 4) is 0 Å². The zero-order chi connectivity index (χ0) is 13.1. The third-order valence-electron chi connectivity index (χ3n) is 3.15. The molecule has 0 radical (unpaired) electrons. The predicted octanol–water partition coefficient (Wildman–Crippen LogP) is 3.55. The second-order valence-electron chi connectivity index (χ2n) is 4.51. The van der Waals surface area contributed by atoms with Gasteiger partial charge in [-0.1, -0.05) is 24.3 Å². The molecule has 3 aromatic rings. The first-order valence-electron chi connectivity index (χ1n) is 6.33. The number of nitrogens with zero attached hydrogens (tertiary/aromatic N) is 2. The summed E-state index contributed by atoms with van der Waals surface area (Å²) in [6, 6.07) is 16.2. The molecule has 3 rings (SSSR count). The van der Waals surface area contributed by atoms with Crippen molar-refractivity contribution in [1.29, 1.82) is 0 Å². The Morgan fingerprint density at radius 3 is 2.79 bits per heavy atom. The number of fused-ring (bicyclic) bond motifs is 1. The lowest BCUT2D eigenvalue weighted by atomic mass is 10.2. The molecule has 0 aliphatic heterocycles. The van der Waals surface area contributed by atoms with Crippen LogP contribution in [-0.4, -0.2) is 9.97 Å². The van der Waals surface area contributed by atoms with Crippen LogP contribution in [0.15, 0.2) is 54.7 Å². The average molecular weight is 249 g/mol. The molecule has 3 nitrogen and oxygen atoms in total. The van der Waals surface area contributed by atoms with Crippen molar-refractivity contribution < 1.29 is 0 Å². The molecule has 0 aliphatic rings. The van der Waals surface area contributed by atoms with Crippen molar-refractivity contribution >= 4 is 16.7 Å². The van der Waals surface area contributed by atoms with Crippen LogP contribution in [0.2, 0.25) is 0 Å². The molecule has 0 fully saturated rings. The first-order chi connectivity index (χ1) is 9.33. The standard InChI is InChI=1S/C16H15N3/c1-12-5-4-10-17-15(12)11-18-16-9-8-13-6-2-3-7-14(13)19-16/h2-10H,11H2,1H3,(H,18,19). The summed E-state index contributed by atoms with van der Waals surface area (Å²) in [6.07, 6.45) is 1.82. The largest absolute Gasteiger partial charge is 0.364 e. The molecule has 1 aromatic carbocycles. The normalized spacial score (nSPS) is 10.6. The Balaban J connectivity index is 1.80. The molecule has 2 heterocycles. The van der Waals surface area contributed by atoms with Crippen LogP contribution >= 0.6 is 0 Å². The molecule has 1 N–H and O–H groups in total. The molecular formula is C16H15N3. The van der Waals surface area contributed by atoms with Gasteiger partial charge >= 0.3 is 0 Å². The number of aromatic nitrogens is 2. The Labute approximate surface area is 112 Å². The van der Waals surface area contributed by atoms with Crippen LogP contribution in [0.1, 0.15) is 11.3 Å². The van der Waals surface area contributed by atoms with E-state index in [1.54, 1.807) is 0 Å². The summed E-state index contributed by atoms with van der Waals surface area (Å²) >= 11 is 0. The smallest absolute Gasteiger partial charge is 0.126 e. The first-order valence-corrected chi connectivity index (χ1v) is 6.33. The van der Waals surface area contributed by atoms with Crippen LogP contribution in [0.5, 0.6) is 0 Å². The Morgan fingerprint density at radius 1 is 1.00 bits per heavy atom. The van der Waals surface area contributed by atoms with E-state index >= 15 is 0 Å². The number of nitrogens with one attached hydrogen (secondary N) is 1. The maximum Gasteiger partial charge on any atom is 0.126 e. The van der Waals surface area contributed by atoms with Gasteiger partial charge in [-0.15, -0.1) is 0 Å². The highest BCUT2D eigenvalue weighted by Crippen LogP contribution is 2.15. The second-order valence-corrected chi connectivity index (χ2v) is 4.51. The molecule has 0 aliphatic carbocycles. The highest BCUT2D eigenvalue weighted by molar-refractivity contribution is 5.80. The van der Waals surface area contributed by atoms with Crippen molar-refractivity contribution in [3.63, 3.8) is 0 Å². The number of benzene rings is 1. The lowest BCUT2D eigenvalue weighted by Crippen LogP contribution is -2.04. The summed E-state index contributed by atoms with van der Waals surface area (Å²) in [6.45, 7) is 2.76. The van der Waals surface area contributed by atoms with Gasteiger partial charge in [0.05, 0.1) is 17.8 Å². The van der Waals surface area contributed by atoms with E-state index in [4.69, 9.17) is 0 Å². The Kier molecular flexibility index (Phi) is 3.11. The van der Waals surface area contributed by atoms with Crippen molar-refractivity contribution in [2.24, 2.45) is 0 Å². The maximum absolute atomic E-state index is 4.58. The fourth-order valence-corrected chi connectivity index (χ4v) is 2.04. The zero-order valence-corrected chi connectivity index (χ0v) is 10.8. The summed E-state index contributed by atoms with van der Waals surface area (Å²) in [5.74, 6) is 0.878. The fraction of sp³-hybridized carbons (Fsp3) is 0.125. The lowest BCUT2D eigenvalue weighted by molar-refractivity contribution is 1.01. The third kappa shape index (κ3) is 2.55. The maximum atomic E-state index is 4.58. The number of hydrogen-bond donors (Lipinski definition) is 1. The molecule has 0 atom stereocenters. The zero-order valence-electron chi connectivity index (χ0n) is 10.8. The van der Waals surface area contributed by atoms with Gasteiger partial charge in [0.2, 0.25) is 0 Å². The van der Waals surface area contributed by atoms with Gasteiger partial charge in [0.25, 0.3) is 0 Å². The molecule has 0 saturated carbocycles. The summed E-state index contributed by atoms with van der Waals surface area (Å²) in [5.41, 5.74) is 3.25. The number of hydrogen-bond acceptors (Lipinski definition) is 3. The van der Waals surface area contributed by atoms with E-state index in [0.29, 0.717) is 6.54 Å². The molecule has 3 heteroatoms. The number of rotatable bonds is 3. The molecule has 94 valence electrons. The first kappa shape index (κ1) is 11.7. The van der Waals surface area contributed by atoms with E-state index in [1.165, 1.54) is 5.56 Å². The van der Waals surface area contributed by atoms with Crippen LogP contribution in [-0.2, 0) is 6.54 Å². The van der Waals surface area contributed by atoms with Crippen LogP contribution in [0.4, 0.5) is 5.82 Å². The van der Waals surface area contributed by atoms with E-state index in [-0.39, 0.29) is 0 Å². The monoisotopic (exact) mass is 249 g/mol. The summed E-state index contributed by atoms with van der Waals surface area (Å²) in [7, 11) is 0. The molecule has 2 aromatic heterocycles. The Bertz CT molecular complexity index is 707. The van der Waals surface area contributed by atoms with Gasteiger partial charge in [0, 0.05) is 11.6 Å². The van der Waals surface area contributed by atoms with Crippen LogP contribution in [0.3, 0.4) is 0 Å². The average Bonchev–Trinajstić information content (AvgIpc) is 2.46. The third-order valence-corrected chi connectivity index (χ3v) is 3.15. The Morgan fingerprint density at radius 2 is 1.89 bits per heavy atom. The minimum atomic E-state index is 0.692. The summed E-state index contributed by atoms with van der Waals surface area (Å²) in [4.78, 5) is 8.95. The highest BCUT2D eigenvalue weighted by Gasteiger charge is 2.00. The number of para-hydroxylation sites is 1. The van der Waals surface area contributed by atoms with Crippen molar-refractivity contribution in [3.05, 3.63) is 66.0 Å². The van der Waals surface area contributed by atoms with Gasteiger partial charge in [-0.3, -0.25) is 4.98 Å². The van der Waals surface area contributed by atoms with Crippen molar-refractivity contribution in [2.75, 3.05) is 5.32 Å². The fourth-order valence-electron chi connectivity index (χ4n) is 2.04. The van der Waals surface area contributed by atoms with E-state index in [1.807, 2.05) is 36.5 Å². The van der Waals surface area contributed by atoms with Crippen molar-refractivity contribution in [1.82, 2.24) is 9.97 Å². The molecule has 19 heavy (non-hydrogen) atoms. The van der Waals surface area contributed by atoms with Gasteiger partial charge in [0.1, 0.15) is 5.82 Å². The molecule has 0 saturated heterocycles. The highest BCUT2D eigenvalue weighted by atomic mass is 15.0. The van der Waals surface area contributed by atoms with E-state index < -0.39 is 0 Å². The second kappa shape index (κ2) is 5.06. The molecule has 0 amide bonds. The molecular weight excluding hydrogens is 234 g/mol.